The van der Waals surface area contributed by atoms with Crippen molar-refractivity contribution in [3.63, 3.8) is 0 Å². The van der Waals surface area contributed by atoms with Crippen molar-refractivity contribution >= 4 is 19.7 Å². The summed E-state index contributed by atoms with van der Waals surface area (Å²) >= 11 is 0. The molecule has 0 aromatic heterocycles. The molecule has 11 heavy (non-hydrogen) atoms. The van der Waals surface area contributed by atoms with Gasteiger partial charge < -0.3 is 10.1 Å². The van der Waals surface area contributed by atoms with Gasteiger partial charge in [-0.1, -0.05) is 0 Å². The van der Waals surface area contributed by atoms with Crippen LogP contribution < -0.4 is 5.32 Å². The molecule has 0 bridgehead atoms. The van der Waals surface area contributed by atoms with E-state index < -0.39 is 14.7 Å². The van der Waals surface area contributed by atoms with Crippen LogP contribution in [0.25, 0.3) is 0 Å². The zero-order chi connectivity index (χ0) is 8.54. The third kappa shape index (κ3) is 2.30. The Bertz CT molecular complexity index is 229. The smallest absolute Gasteiger partial charge is 0.235 e. The van der Waals surface area contributed by atoms with Gasteiger partial charge in [-0.3, -0.25) is 0 Å². The number of hydrogen-bond donors (Lipinski definition) is 1. The maximum absolute atomic E-state index is 10.7. The Balaban J connectivity index is 2.59. The Morgan fingerprint density at radius 2 is 2.18 bits per heavy atom. The summed E-state index contributed by atoms with van der Waals surface area (Å²) in [5.74, 6) is -0.120. The molecule has 0 radical (unpaired) electrons. The highest BCUT2D eigenvalue weighted by Crippen LogP contribution is 2.19. The van der Waals surface area contributed by atoms with E-state index in [9.17, 15) is 8.42 Å². The molecule has 6 heteroatoms. The SMILES string of the molecule is COC1(CS(=O)(=O)Cl)CNC1. The molecular formula is C5H10ClNO3S. The van der Waals surface area contributed by atoms with Crippen LogP contribution in [0.5, 0.6) is 0 Å². The summed E-state index contributed by atoms with van der Waals surface area (Å²) in [5, 5.41) is 2.93. The lowest BCUT2D eigenvalue weighted by molar-refractivity contribution is -0.0316. The summed E-state index contributed by atoms with van der Waals surface area (Å²) in [5.41, 5.74) is -0.583. The third-order valence-electron chi connectivity index (χ3n) is 1.76. The minimum Gasteiger partial charge on any atom is -0.374 e. The molecule has 1 fully saturated rings. The number of halogens is 1. The quantitative estimate of drug-likeness (QED) is 0.626. The number of ether oxygens (including phenoxy) is 1. The van der Waals surface area contributed by atoms with Gasteiger partial charge in [0.05, 0.1) is 5.75 Å². The van der Waals surface area contributed by atoms with Crippen LogP contribution in [0.1, 0.15) is 0 Å². The van der Waals surface area contributed by atoms with Crippen LogP contribution in [0.15, 0.2) is 0 Å². The first kappa shape index (κ1) is 9.25. The fourth-order valence-electron chi connectivity index (χ4n) is 1.02. The molecule has 1 rings (SSSR count). The Kier molecular flexibility index (Phi) is 2.43. The van der Waals surface area contributed by atoms with E-state index in [-0.39, 0.29) is 5.75 Å². The van der Waals surface area contributed by atoms with Crippen molar-refractivity contribution in [2.75, 3.05) is 26.0 Å². The molecular weight excluding hydrogens is 190 g/mol. The molecule has 0 atom stereocenters. The second kappa shape index (κ2) is 2.90. The van der Waals surface area contributed by atoms with Crippen LogP contribution in [0.3, 0.4) is 0 Å². The Morgan fingerprint density at radius 3 is 2.27 bits per heavy atom. The van der Waals surface area contributed by atoms with Crippen LogP contribution >= 0.6 is 10.7 Å². The van der Waals surface area contributed by atoms with Crippen LogP contribution in [-0.4, -0.2) is 40.0 Å². The molecule has 1 saturated heterocycles. The number of hydrogen-bond acceptors (Lipinski definition) is 4. The summed E-state index contributed by atoms with van der Waals surface area (Å²) in [6.45, 7) is 1.10. The van der Waals surface area contributed by atoms with Gasteiger partial charge in [0.15, 0.2) is 0 Å². The van der Waals surface area contributed by atoms with Gasteiger partial charge in [-0.15, -0.1) is 0 Å². The normalized spacial score (nSPS) is 22.7. The highest BCUT2D eigenvalue weighted by atomic mass is 35.7. The topological polar surface area (TPSA) is 55.4 Å². The summed E-state index contributed by atoms with van der Waals surface area (Å²) < 4.78 is 26.3. The molecule has 1 N–H and O–H groups in total. The Morgan fingerprint density at radius 1 is 1.64 bits per heavy atom. The minimum absolute atomic E-state index is 0.120. The lowest BCUT2D eigenvalue weighted by Gasteiger charge is -2.40. The lowest BCUT2D eigenvalue weighted by atomic mass is 10.0. The third-order valence-corrected chi connectivity index (χ3v) is 2.96. The van der Waals surface area contributed by atoms with Crippen molar-refractivity contribution in [1.29, 1.82) is 0 Å². The van der Waals surface area contributed by atoms with Crippen molar-refractivity contribution in [3.8, 4) is 0 Å². The highest BCUT2D eigenvalue weighted by molar-refractivity contribution is 8.13. The van der Waals surface area contributed by atoms with E-state index in [1.165, 1.54) is 7.11 Å². The zero-order valence-corrected chi connectivity index (χ0v) is 7.70. The lowest BCUT2D eigenvalue weighted by Crippen LogP contribution is -2.63. The maximum atomic E-state index is 10.7. The van der Waals surface area contributed by atoms with Crippen LogP contribution in [0.2, 0.25) is 0 Å². The van der Waals surface area contributed by atoms with Gasteiger partial charge in [0.25, 0.3) is 0 Å². The average Bonchev–Trinajstić information content (AvgIpc) is 1.77. The van der Waals surface area contributed by atoms with E-state index in [0.29, 0.717) is 13.1 Å². The largest absolute Gasteiger partial charge is 0.374 e. The molecule has 0 saturated carbocycles. The fraction of sp³-hybridized carbons (Fsp3) is 1.00. The molecule has 4 nitrogen and oxygen atoms in total. The van der Waals surface area contributed by atoms with Crippen molar-refractivity contribution in [2.45, 2.75) is 5.60 Å². The molecule has 1 heterocycles. The summed E-state index contributed by atoms with van der Waals surface area (Å²) in [6, 6.07) is 0. The van der Waals surface area contributed by atoms with Gasteiger partial charge in [-0.25, -0.2) is 8.42 Å². The minimum atomic E-state index is -3.45. The van der Waals surface area contributed by atoms with E-state index in [1.807, 2.05) is 0 Å². The van der Waals surface area contributed by atoms with Gasteiger partial charge in [0.2, 0.25) is 9.05 Å². The molecule has 0 aliphatic carbocycles. The van der Waals surface area contributed by atoms with Crippen LogP contribution in [0, 0.1) is 0 Å². The van der Waals surface area contributed by atoms with E-state index in [4.69, 9.17) is 15.4 Å². The Hall–Kier alpha value is 0.160. The predicted octanol–water partition coefficient (Wildman–Crippen LogP) is -0.457. The second-order valence-corrected chi connectivity index (χ2v) is 5.45. The van der Waals surface area contributed by atoms with Gasteiger partial charge in [0.1, 0.15) is 5.60 Å². The molecule has 0 amide bonds. The molecule has 0 unspecified atom stereocenters. The number of nitrogens with one attached hydrogen (secondary N) is 1. The number of methoxy groups -OCH3 is 1. The molecule has 1 aliphatic heterocycles. The van der Waals surface area contributed by atoms with Crippen LogP contribution in [0.4, 0.5) is 0 Å². The van der Waals surface area contributed by atoms with Crippen molar-refractivity contribution in [2.24, 2.45) is 0 Å². The van der Waals surface area contributed by atoms with E-state index >= 15 is 0 Å². The number of rotatable bonds is 3. The van der Waals surface area contributed by atoms with Crippen LogP contribution in [-0.2, 0) is 13.8 Å². The second-order valence-electron chi connectivity index (χ2n) is 2.67. The van der Waals surface area contributed by atoms with Gasteiger partial charge in [-0.05, 0) is 0 Å². The first-order valence-electron chi connectivity index (χ1n) is 3.16. The first-order valence-corrected chi connectivity index (χ1v) is 5.63. The first-order chi connectivity index (χ1) is 4.97. The van der Waals surface area contributed by atoms with Crippen molar-refractivity contribution < 1.29 is 13.2 Å². The van der Waals surface area contributed by atoms with E-state index in [2.05, 4.69) is 5.32 Å². The standard InChI is InChI=1S/C5H10ClNO3S/c1-10-5(2-7-3-5)4-11(6,8)9/h7H,2-4H2,1H3. The monoisotopic (exact) mass is 199 g/mol. The zero-order valence-electron chi connectivity index (χ0n) is 6.13. The van der Waals surface area contributed by atoms with Crippen molar-refractivity contribution in [3.05, 3.63) is 0 Å². The van der Waals surface area contributed by atoms with Gasteiger partial charge in [-0.2, -0.15) is 0 Å². The summed E-state index contributed by atoms with van der Waals surface area (Å²) in [7, 11) is 3.11. The van der Waals surface area contributed by atoms with Gasteiger partial charge >= 0.3 is 0 Å². The molecule has 66 valence electrons. The summed E-state index contributed by atoms with van der Waals surface area (Å²) in [4.78, 5) is 0. The summed E-state index contributed by atoms with van der Waals surface area (Å²) in [6.07, 6.45) is 0. The maximum Gasteiger partial charge on any atom is 0.235 e. The Labute approximate surface area is 70.3 Å². The van der Waals surface area contributed by atoms with Gasteiger partial charge in [0, 0.05) is 30.9 Å². The molecule has 0 spiro atoms. The molecule has 1 aliphatic rings. The molecule has 0 aromatic carbocycles. The van der Waals surface area contributed by atoms with E-state index in [1.54, 1.807) is 0 Å². The fourth-order valence-corrected chi connectivity index (χ4v) is 2.57. The average molecular weight is 200 g/mol. The molecule has 0 aromatic rings. The van der Waals surface area contributed by atoms with E-state index in [0.717, 1.165) is 0 Å². The predicted molar refractivity (Wildman–Crippen MR) is 42.2 cm³/mol. The highest BCUT2D eigenvalue weighted by Gasteiger charge is 2.40. The van der Waals surface area contributed by atoms with Crippen molar-refractivity contribution in [1.82, 2.24) is 5.32 Å².